The van der Waals surface area contributed by atoms with E-state index in [0.29, 0.717) is 19.1 Å². The van der Waals surface area contributed by atoms with Crippen LogP contribution < -0.4 is 20.1 Å². The summed E-state index contributed by atoms with van der Waals surface area (Å²) in [6, 6.07) is 5.85. The fourth-order valence-electron chi connectivity index (χ4n) is 2.86. The SMILES string of the molecule is CCOc1ccc(CN=C(N)N2CCN(c3nccs3)CC2)cc1OC. The Bertz CT molecular complexity index is 727. The van der Waals surface area contributed by atoms with Crippen molar-refractivity contribution < 1.29 is 9.47 Å². The van der Waals surface area contributed by atoms with Gasteiger partial charge in [0.25, 0.3) is 0 Å². The van der Waals surface area contributed by atoms with Gasteiger partial charge < -0.3 is 25.0 Å². The number of aliphatic imine (C=N–C) groups is 1. The maximum absolute atomic E-state index is 6.20. The molecule has 0 spiro atoms. The normalized spacial score (nSPS) is 15.2. The summed E-state index contributed by atoms with van der Waals surface area (Å²) in [6.45, 7) is 6.58. The molecule has 2 heterocycles. The summed E-state index contributed by atoms with van der Waals surface area (Å²) in [5.74, 6) is 2.04. The first kappa shape index (κ1) is 18.3. The first-order valence-corrected chi connectivity index (χ1v) is 9.58. The van der Waals surface area contributed by atoms with Crippen molar-refractivity contribution in [2.75, 3.05) is 44.8 Å². The van der Waals surface area contributed by atoms with Gasteiger partial charge in [-0.1, -0.05) is 6.07 Å². The largest absolute Gasteiger partial charge is 0.493 e. The molecule has 140 valence electrons. The predicted octanol–water partition coefficient (Wildman–Crippen LogP) is 2.19. The van der Waals surface area contributed by atoms with Crippen LogP contribution in [-0.2, 0) is 6.54 Å². The summed E-state index contributed by atoms with van der Waals surface area (Å²) in [6.07, 6.45) is 1.84. The summed E-state index contributed by atoms with van der Waals surface area (Å²) >= 11 is 1.67. The van der Waals surface area contributed by atoms with Crippen LogP contribution in [0.3, 0.4) is 0 Å². The molecular formula is C18H25N5O2S. The molecule has 0 bridgehead atoms. The van der Waals surface area contributed by atoms with E-state index in [9.17, 15) is 0 Å². The number of nitrogens with zero attached hydrogens (tertiary/aromatic N) is 4. The van der Waals surface area contributed by atoms with Crippen molar-refractivity contribution in [2.45, 2.75) is 13.5 Å². The summed E-state index contributed by atoms with van der Waals surface area (Å²) in [5, 5.41) is 3.07. The van der Waals surface area contributed by atoms with Gasteiger partial charge in [-0.3, -0.25) is 0 Å². The van der Waals surface area contributed by atoms with Gasteiger partial charge in [-0.15, -0.1) is 11.3 Å². The van der Waals surface area contributed by atoms with Crippen molar-refractivity contribution in [3.8, 4) is 11.5 Å². The standard InChI is InChI=1S/C18H25N5O2S/c1-3-25-15-5-4-14(12-16(15)24-2)13-21-17(19)22-7-9-23(10-8-22)18-20-6-11-26-18/h4-6,11-12H,3,7-10,13H2,1-2H3,(H2,19,21). The molecule has 0 radical (unpaired) electrons. The highest BCUT2D eigenvalue weighted by Gasteiger charge is 2.19. The summed E-state index contributed by atoms with van der Waals surface area (Å²) in [5.41, 5.74) is 7.23. The van der Waals surface area contributed by atoms with Crippen LogP contribution in [0.25, 0.3) is 0 Å². The molecule has 1 aromatic heterocycles. The molecule has 26 heavy (non-hydrogen) atoms. The number of hydrogen-bond donors (Lipinski definition) is 1. The number of hydrogen-bond acceptors (Lipinski definition) is 6. The number of rotatable bonds is 6. The third kappa shape index (κ3) is 4.37. The van der Waals surface area contributed by atoms with E-state index in [0.717, 1.165) is 48.4 Å². The van der Waals surface area contributed by atoms with Crippen molar-refractivity contribution in [1.29, 1.82) is 0 Å². The number of aromatic nitrogens is 1. The maximum Gasteiger partial charge on any atom is 0.191 e. The van der Waals surface area contributed by atoms with Gasteiger partial charge in [0.1, 0.15) is 0 Å². The number of piperazine rings is 1. The van der Waals surface area contributed by atoms with E-state index in [2.05, 4.69) is 19.8 Å². The van der Waals surface area contributed by atoms with Gasteiger partial charge in [0.15, 0.2) is 22.6 Å². The van der Waals surface area contributed by atoms with Gasteiger partial charge >= 0.3 is 0 Å². The number of nitrogens with two attached hydrogens (primary N) is 1. The fourth-order valence-corrected chi connectivity index (χ4v) is 3.55. The second-order valence-corrected chi connectivity index (χ2v) is 6.75. The Morgan fingerprint density at radius 1 is 1.27 bits per heavy atom. The van der Waals surface area contributed by atoms with Gasteiger partial charge in [-0.2, -0.15) is 0 Å². The fraction of sp³-hybridized carbons (Fsp3) is 0.444. The van der Waals surface area contributed by atoms with Crippen LogP contribution in [-0.4, -0.2) is 55.7 Å². The van der Waals surface area contributed by atoms with Crippen molar-refractivity contribution >= 4 is 22.4 Å². The third-order valence-corrected chi connectivity index (χ3v) is 5.08. The molecule has 0 aliphatic carbocycles. The van der Waals surface area contributed by atoms with E-state index in [1.54, 1.807) is 18.4 Å². The first-order valence-electron chi connectivity index (χ1n) is 8.70. The van der Waals surface area contributed by atoms with Crippen LogP contribution in [0.2, 0.25) is 0 Å². The van der Waals surface area contributed by atoms with Crippen molar-refractivity contribution in [3.63, 3.8) is 0 Å². The zero-order valence-corrected chi connectivity index (χ0v) is 16.0. The predicted molar refractivity (Wildman–Crippen MR) is 105 cm³/mol. The molecule has 1 aromatic carbocycles. The molecule has 0 unspecified atom stereocenters. The van der Waals surface area contributed by atoms with Crippen LogP contribution in [0.4, 0.5) is 5.13 Å². The van der Waals surface area contributed by atoms with Crippen molar-refractivity contribution in [1.82, 2.24) is 9.88 Å². The van der Waals surface area contributed by atoms with Crippen molar-refractivity contribution in [3.05, 3.63) is 35.3 Å². The van der Waals surface area contributed by atoms with Gasteiger partial charge in [0.05, 0.1) is 20.3 Å². The molecule has 0 amide bonds. The molecule has 1 fully saturated rings. The number of benzene rings is 1. The van der Waals surface area contributed by atoms with Crippen molar-refractivity contribution in [2.24, 2.45) is 10.7 Å². The summed E-state index contributed by atoms with van der Waals surface area (Å²) in [7, 11) is 1.64. The Kier molecular flexibility index (Phi) is 6.17. The van der Waals surface area contributed by atoms with Gasteiger partial charge in [-0.25, -0.2) is 9.98 Å². The summed E-state index contributed by atoms with van der Waals surface area (Å²) < 4.78 is 10.9. The highest BCUT2D eigenvalue weighted by atomic mass is 32.1. The zero-order chi connectivity index (χ0) is 18.4. The van der Waals surface area contributed by atoms with E-state index in [1.807, 2.05) is 36.7 Å². The second-order valence-electron chi connectivity index (χ2n) is 5.88. The quantitative estimate of drug-likeness (QED) is 0.616. The smallest absolute Gasteiger partial charge is 0.191 e. The minimum Gasteiger partial charge on any atom is -0.493 e. The molecule has 1 saturated heterocycles. The van der Waals surface area contributed by atoms with E-state index < -0.39 is 0 Å². The molecule has 8 heteroatoms. The van der Waals surface area contributed by atoms with Crippen LogP contribution >= 0.6 is 11.3 Å². The van der Waals surface area contributed by atoms with Crippen LogP contribution in [0, 0.1) is 0 Å². The van der Waals surface area contributed by atoms with Crippen LogP contribution in [0.15, 0.2) is 34.8 Å². The lowest BCUT2D eigenvalue weighted by atomic mass is 10.2. The average molecular weight is 375 g/mol. The lowest BCUT2D eigenvalue weighted by Gasteiger charge is -2.35. The number of guanidine groups is 1. The number of thiazole rings is 1. The van der Waals surface area contributed by atoms with E-state index in [-0.39, 0.29) is 0 Å². The first-order chi connectivity index (χ1) is 12.7. The topological polar surface area (TPSA) is 76.2 Å². The number of methoxy groups -OCH3 is 1. The molecule has 2 aromatic rings. The lowest BCUT2D eigenvalue weighted by Crippen LogP contribution is -2.51. The Hall–Kier alpha value is -2.48. The molecule has 7 nitrogen and oxygen atoms in total. The highest BCUT2D eigenvalue weighted by Crippen LogP contribution is 2.28. The maximum atomic E-state index is 6.20. The molecule has 0 atom stereocenters. The molecule has 2 N–H and O–H groups in total. The molecule has 0 saturated carbocycles. The Morgan fingerprint density at radius 3 is 2.73 bits per heavy atom. The monoisotopic (exact) mass is 375 g/mol. The lowest BCUT2D eigenvalue weighted by molar-refractivity contribution is 0.310. The average Bonchev–Trinajstić information content (AvgIpc) is 3.22. The van der Waals surface area contributed by atoms with E-state index in [1.165, 1.54) is 0 Å². The summed E-state index contributed by atoms with van der Waals surface area (Å²) in [4.78, 5) is 13.3. The molecular weight excluding hydrogens is 350 g/mol. The number of anilines is 1. The minimum atomic E-state index is 0.515. The van der Waals surface area contributed by atoms with E-state index >= 15 is 0 Å². The second kappa shape index (κ2) is 8.75. The number of ether oxygens (including phenoxy) is 2. The van der Waals surface area contributed by atoms with Gasteiger partial charge in [0, 0.05) is 37.8 Å². The third-order valence-electron chi connectivity index (χ3n) is 4.24. The molecule has 1 aliphatic heterocycles. The van der Waals surface area contributed by atoms with Crippen LogP contribution in [0.1, 0.15) is 12.5 Å². The van der Waals surface area contributed by atoms with E-state index in [4.69, 9.17) is 15.2 Å². The molecule has 3 rings (SSSR count). The zero-order valence-electron chi connectivity index (χ0n) is 15.2. The Labute approximate surface area is 158 Å². The minimum absolute atomic E-state index is 0.515. The van der Waals surface area contributed by atoms with Crippen LogP contribution in [0.5, 0.6) is 11.5 Å². The Morgan fingerprint density at radius 2 is 2.08 bits per heavy atom. The van der Waals surface area contributed by atoms with Gasteiger partial charge in [0.2, 0.25) is 0 Å². The molecule has 1 aliphatic rings. The highest BCUT2D eigenvalue weighted by molar-refractivity contribution is 7.13. The van der Waals surface area contributed by atoms with Gasteiger partial charge in [-0.05, 0) is 24.6 Å². The Balaban J connectivity index is 1.57.